The highest BCUT2D eigenvalue weighted by Crippen LogP contribution is 1.98. The van der Waals surface area contributed by atoms with E-state index >= 15 is 0 Å². The monoisotopic (exact) mass is 172 g/mol. The molecule has 0 amide bonds. The summed E-state index contributed by atoms with van der Waals surface area (Å²) in [7, 11) is 0. The minimum Gasteiger partial charge on any atom is -0.466 e. The van der Waals surface area contributed by atoms with Crippen molar-refractivity contribution in [3.05, 3.63) is 12.2 Å². The average Bonchev–Trinajstić information content (AvgIpc) is 2.04. The number of hydrogen-bond acceptors (Lipinski definition) is 2. The zero-order valence-electron chi connectivity index (χ0n) is 8.64. The van der Waals surface area contributed by atoms with Crippen LogP contribution < -0.4 is 0 Å². The number of allylic oxidation sites excluding steroid dienone is 1. The Labute approximate surface area is 75.6 Å². The number of esters is 1. The molecule has 0 fully saturated rings. The highest BCUT2D eigenvalue weighted by Gasteiger charge is 1.81. The van der Waals surface area contributed by atoms with E-state index in [-0.39, 0.29) is 5.97 Å². The van der Waals surface area contributed by atoms with Crippen molar-refractivity contribution in [1.29, 1.82) is 0 Å². The number of carbonyl (C=O) groups excluding carboxylic acids is 1. The van der Waals surface area contributed by atoms with Crippen molar-refractivity contribution in [2.75, 3.05) is 6.61 Å². The summed E-state index contributed by atoms with van der Waals surface area (Å²) in [6, 6.07) is 0. The van der Waals surface area contributed by atoms with Crippen molar-refractivity contribution in [1.82, 2.24) is 0 Å². The Bertz CT molecular complexity index is 122. The highest BCUT2D eigenvalue weighted by molar-refractivity contribution is 5.65. The van der Waals surface area contributed by atoms with Crippen LogP contribution in [-0.4, -0.2) is 12.6 Å². The van der Waals surface area contributed by atoms with E-state index < -0.39 is 0 Å². The molecule has 0 unspecified atom stereocenters. The van der Waals surface area contributed by atoms with Crippen LogP contribution in [0, 0.1) is 0 Å². The van der Waals surface area contributed by atoms with Crippen LogP contribution in [0.5, 0.6) is 0 Å². The molecule has 72 valence electrons. The Morgan fingerprint density at radius 2 is 1.67 bits per heavy atom. The fraction of sp³-hybridized carbons (Fsp3) is 0.700. The smallest absolute Gasteiger partial charge is 0.302 e. The van der Waals surface area contributed by atoms with Crippen LogP contribution in [0.15, 0.2) is 12.2 Å². The molecule has 0 aromatic rings. The standard InChI is InChI=1S/C6H12.C4H8O2/c1-4-6(3)5-2;1-3-6-4(2)5/h3-5H2,1-2H3;3H2,1-2H3. The van der Waals surface area contributed by atoms with Gasteiger partial charge in [-0.3, -0.25) is 4.79 Å². The fourth-order valence-electron chi connectivity index (χ4n) is 0.453. The van der Waals surface area contributed by atoms with E-state index in [0.29, 0.717) is 6.61 Å². The van der Waals surface area contributed by atoms with Crippen LogP contribution >= 0.6 is 0 Å². The lowest BCUT2D eigenvalue weighted by molar-refractivity contribution is -0.140. The van der Waals surface area contributed by atoms with Crippen molar-refractivity contribution in [2.24, 2.45) is 0 Å². The van der Waals surface area contributed by atoms with Gasteiger partial charge in [-0.05, 0) is 19.8 Å². The number of hydrogen-bond donors (Lipinski definition) is 0. The van der Waals surface area contributed by atoms with E-state index in [4.69, 9.17) is 0 Å². The van der Waals surface area contributed by atoms with Gasteiger partial charge in [0.05, 0.1) is 6.61 Å². The second-order valence-corrected chi connectivity index (χ2v) is 2.38. The Morgan fingerprint density at radius 3 is 1.67 bits per heavy atom. The van der Waals surface area contributed by atoms with E-state index in [9.17, 15) is 4.79 Å². The van der Waals surface area contributed by atoms with Gasteiger partial charge in [-0.1, -0.05) is 26.0 Å². The fourth-order valence-corrected chi connectivity index (χ4v) is 0.453. The van der Waals surface area contributed by atoms with Gasteiger partial charge in [-0.2, -0.15) is 0 Å². The Kier molecular flexibility index (Phi) is 11.7. The van der Waals surface area contributed by atoms with Crippen molar-refractivity contribution < 1.29 is 9.53 Å². The van der Waals surface area contributed by atoms with Gasteiger partial charge >= 0.3 is 5.97 Å². The zero-order chi connectivity index (χ0) is 9.98. The van der Waals surface area contributed by atoms with Crippen molar-refractivity contribution in [3.8, 4) is 0 Å². The summed E-state index contributed by atoms with van der Waals surface area (Å²) in [5, 5.41) is 0. The first-order chi connectivity index (χ1) is 5.58. The van der Waals surface area contributed by atoms with Gasteiger partial charge in [0.1, 0.15) is 0 Å². The predicted molar refractivity (Wildman–Crippen MR) is 52.0 cm³/mol. The molecule has 0 spiro atoms. The van der Waals surface area contributed by atoms with E-state index in [0.717, 1.165) is 12.8 Å². The van der Waals surface area contributed by atoms with Crippen molar-refractivity contribution >= 4 is 5.97 Å². The maximum Gasteiger partial charge on any atom is 0.302 e. The first kappa shape index (κ1) is 13.8. The minimum atomic E-state index is -0.211. The lowest BCUT2D eigenvalue weighted by Crippen LogP contribution is -1.95. The summed E-state index contributed by atoms with van der Waals surface area (Å²) in [6.45, 7) is 11.7. The van der Waals surface area contributed by atoms with Gasteiger partial charge < -0.3 is 4.74 Å². The molecule has 0 saturated carbocycles. The lowest BCUT2D eigenvalue weighted by atomic mass is 10.2. The van der Waals surface area contributed by atoms with E-state index in [1.54, 1.807) is 6.92 Å². The van der Waals surface area contributed by atoms with Gasteiger partial charge in [0, 0.05) is 6.92 Å². The highest BCUT2D eigenvalue weighted by atomic mass is 16.5. The second kappa shape index (κ2) is 10.2. The maximum absolute atomic E-state index is 9.82. The molecule has 0 bridgehead atoms. The first-order valence-corrected chi connectivity index (χ1v) is 4.38. The Balaban J connectivity index is 0. The van der Waals surface area contributed by atoms with Gasteiger partial charge in [0.25, 0.3) is 0 Å². The minimum absolute atomic E-state index is 0.211. The molecule has 0 aliphatic heterocycles. The molecular weight excluding hydrogens is 152 g/mol. The average molecular weight is 172 g/mol. The van der Waals surface area contributed by atoms with Crippen LogP contribution in [0.4, 0.5) is 0 Å². The molecule has 0 heterocycles. The van der Waals surface area contributed by atoms with Gasteiger partial charge in [0.2, 0.25) is 0 Å². The maximum atomic E-state index is 9.82. The normalized spacial score (nSPS) is 8.00. The van der Waals surface area contributed by atoms with Crippen LogP contribution in [0.2, 0.25) is 0 Å². The van der Waals surface area contributed by atoms with Crippen LogP contribution in [0.25, 0.3) is 0 Å². The van der Waals surface area contributed by atoms with Crippen LogP contribution in [-0.2, 0) is 9.53 Å². The van der Waals surface area contributed by atoms with Crippen LogP contribution in [0.1, 0.15) is 40.5 Å². The number of ether oxygens (including phenoxy) is 1. The Morgan fingerprint density at radius 1 is 1.25 bits per heavy atom. The van der Waals surface area contributed by atoms with Crippen molar-refractivity contribution in [2.45, 2.75) is 40.5 Å². The molecule has 0 atom stereocenters. The summed E-state index contributed by atoms with van der Waals surface area (Å²) in [5.74, 6) is -0.211. The van der Waals surface area contributed by atoms with Gasteiger partial charge in [0.15, 0.2) is 0 Å². The van der Waals surface area contributed by atoms with E-state index in [2.05, 4.69) is 25.2 Å². The summed E-state index contributed by atoms with van der Waals surface area (Å²) >= 11 is 0. The number of rotatable bonds is 3. The molecule has 0 rings (SSSR count). The topological polar surface area (TPSA) is 26.3 Å². The summed E-state index contributed by atoms with van der Waals surface area (Å²) in [4.78, 5) is 9.82. The SMILES string of the molecule is C=C(CC)CC.CCOC(C)=O. The van der Waals surface area contributed by atoms with E-state index in [1.165, 1.54) is 12.5 Å². The third kappa shape index (κ3) is 16.1. The second-order valence-electron chi connectivity index (χ2n) is 2.38. The molecule has 0 N–H and O–H groups in total. The lowest BCUT2D eigenvalue weighted by Gasteiger charge is -1.89. The molecule has 0 radical (unpaired) electrons. The van der Waals surface area contributed by atoms with Crippen LogP contribution in [0.3, 0.4) is 0 Å². The molecule has 0 saturated heterocycles. The number of carbonyl (C=O) groups is 1. The molecule has 0 aromatic heterocycles. The first-order valence-electron chi connectivity index (χ1n) is 4.38. The third-order valence-electron chi connectivity index (χ3n) is 1.35. The van der Waals surface area contributed by atoms with Gasteiger partial charge in [-0.15, -0.1) is 0 Å². The zero-order valence-corrected chi connectivity index (χ0v) is 8.64. The molecule has 0 aliphatic carbocycles. The van der Waals surface area contributed by atoms with E-state index in [1.807, 2.05) is 0 Å². The summed E-state index contributed by atoms with van der Waals surface area (Å²) < 4.78 is 4.40. The van der Waals surface area contributed by atoms with Crippen molar-refractivity contribution in [3.63, 3.8) is 0 Å². The molecule has 2 nitrogen and oxygen atoms in total. The summed E-state index contributed by atoms with van der Waals surface area (Å²) in [6.07, 6.45) is 2.27. The molecule has 0 aromatic carbocycles. The molecule has 2 heteroatoms. The summed E-state index contributed by atoms with van der Waals surface area (Å²) in [5.41, 5.74) is 1.34. The Hall–Kier alpha value is -0.790. The largest absolute Gasteiger partial charge is 0.466 e. The third-order valence-corrected chi connectivity index (χ3v) is 1.35. The molecule has 12 heavy (non-hydrogen) atoms. The predicted octanol–water partition coefficient (Wildman–Crippen LogP) is 2.93. The molecular formula is C10H20O2. The quantitative estimate of drug-likeness (QED) is 0.483. The molecule has 0 aliphatic rings. The van der Waals surface area contributed by atoms with Gasteiger partial charge in [-0.25, -0.2) is 0 Å².